The fraction of sp³-hybridized carbons (Fsp3) is 0.462. The van der Waals surface area contributed by atoms with E-state index in [0.29, 0.717) is 24.8 Å². The topological polar surface area (TPSA) is 20.3 Å². The molecule has 0 saturated carbocycles. The molecule has 0 aliphatic heterocycles. The quantitative estimate of drug-likeness (QED) is 0.568. The molecule has 1 aromatic carbocycles. The van der Waals surface area contributed by atoms with Crippen molar-refractivity contribution in [2.24, 2.45) is 0 Å². The van der Waals surface area contributed by atoms with Gasteiger partial charge >= 0.3 is 0 Å². The van der Waals surface area contributed by atoms with Crippen LogP contribution in [0.4, 0.5) is 0 Å². The maximum absolute atomic E-state index is 12.2. The number of ketones is 1. The van der Waals surface area contributed by atoms with Gasteiger partial charge in [0.05, 0.1) is 6.04 Å². The van der Waals surface area contributed by atoms with E-state index in [1.54, 1.807) is 0 Å². The molecule has 0 amide bonds. The van der Waals surface area contributed by atoms with E-state index in [1.807, 2.05) is 42.2 Å². The zero-order valence-corrected chi connectivity index (χ0v) is 12.6. The predicted octanol–water partition coefficient (Wildman–Crippen LogP) is 3.46. The molecule has 1 aromatic rings. The summed E-state index contributed by atoms with van der Waals surface area (Å²) in [5, 5.41) is 0. The number of alkyl halides is 2. The summed E-state index contributed by atoms with van der Waals surface area (Å²) in [6.45, 7) is 3.25. The van der Waals surface area contributed by atoms with Crippen LogP contribution in [0.25, 0.3) is 0 Å². The number of halogens is 3. The molecule has 1 unspecified atom stereocenters. The van der Waals surface area contributed by atoms with Crippen molar-refractivity contribution < 1.29 is 4.79 Å². The van der Waals surface area contributed by atoms with Gasteiger partial charge in [0.1, 0.15) is 0 Å². The molecule has 1 atom stereocenters. The van der Waals surface area contributed by atoms with Crippen LogP contribution >= 0.6 is 35.6 Å². The van der Waals surface area contributed by atoms with Gasteiger partial charge in [0, 0.05) is 30.4 Å². The summed E-state index contributed by atoms with van der Waals surface area (Å²) in [6.07, 6.45) is 0. The van der Waals surface area contributed by atoms with Gasteiger partial charge in [-0.05, 0) is 6.92 Å². The van der Waals surface area contributed by atoms with E-state index in [0.717, 1.165) is 5.56 Å². The second kappa shape index (κ2) is 9.62. The van der Waals surface area contributed by atoms with Crippen LogP contribution in [0.3, 0.4) is 0 Å². The molecule has 1 rings (SSSR count). The van der Waals surface area contributed by atoms with Crippen molar-refractivity contribution in [2.75, 3.05) is 24.8 Å². The summed E-state index contributed by atoms with van der Waals surface area (Å²) in [7, 11) is 0. The first-order valence-corrected chi connectivity index (χ1v) is 6.73. The van der Waals surface area contributed by atoms with E-state index >= 15 is 0 Å². The van der Waals surface area contributed by atoms with Crippen LogP contribution in [0.1, 0.15) is 17.3 Å². The minimum absolute atomic E-state index is 0. The zero-order valence-electron chi connectivity index (χ0n) is 10.3. The average molecular weight is 311 g/mol. The maximum atomic E-state index is 12.2. The highest BCUT2D eigenvalue weighted by Crippen LogP contribution is 2.09. The highest BCUT2D eigenvalue weighted by Gasteiger charge is 2.21. The van der Waals surface area contributed by atoms with Gasteiger partial charge in [-0.2, -0.15) is 0 Å². The van der Waals surface area contributed by atoms with E-state index in [9.17, 15) is 4.79 Å². The van der Waals surface area contributed by atoms with Crippen LogP contribution in [-0.4, -0.2) is 41.6 Å². The lowest BCUT2D eigenvalue weighted by Gasteiger charge is -2.26. The molecule has 0 fully saturated rings. The van der Waals surface area contributed by atoms with Crippen molar-refractivity contribution in [2.45, 2.75) is 13.0 Å². The molecule has 0 saturated heterocycles. The lowest BCUT2D eigenvalue weighted by molar-refractivity contribution is 0.0853. The first-order valence-electron chi connectivity index (χ1n) is 5.66. The molecule has 0 radical (unpaired) electrons. The molecular weight excluding hydrogens is 293 g/mol. The Kier molecular flexibility index (Phi) is 9.47. The Hall–Kier alpha value is -0.280. The van der Waals surface area contributed by atoms with Crippen molar-refractivity contribution in [1.29, 1.82) is 0 Å². The summed E-state index contributed by atoms with van der Waals surface area (Å²) in [4.78, 5) is 14.2. The third-order valence-electron chi connectivity index (χ3n) is 2.73. The standard InChI is InChI=1S/C13H17Cl2NO.ClH/c1-11(16(9-7-14)10-8-15)13(17)12-5-3-2-4-6-12;/h2-6,11H,7-10H2,1H3;1H. The minimum Gasteiger partial charge on any atom is -0.292 e. The maximum Gasteiger partial charge on any atom is 0.179 e. The summed E-state index contributed by atoms with van der Waals surface area (Å²) in [5.74, 6) is 1.12. The van der Waals surface area contributed by atoms with E-state index in [1.165, 1.54) is 0 Å². The normalized spacial score (nSPS) is 12.0. The fourth-order valence-electron chi connectivity index (χ4n) is 1.73. The average Bonchev–Trinajstić information content (AvgIpc) is 2.38. The van der Waals surface area contributed by atoms with Gasteiger partial charge in [-0.3, -0.25) is 9.69 Å². The van der Waals surface area contributed by atoms with Crippen molar-refractivity contribution in [1.82, 2.24) is 4.90 Å². The fourth-order valence-corrected chi connectivity index (χ4v) is 2.16. The molecule has 0 aliphatic carbocycles. The number of nitrogens with zero attached hydrogens (tertiary/aromatic N) is 1. The van der Waals surface area contributed by atoms with Gasteiger partial charge in [0.25, 0.3) is 0 Å². The molecule has 0 aliphatic rings. The van der Waals surface area contributed by atoms with Gasteiger partial charge < -0.3 is 0 Å². The third kappa shape index (κ3) is 5.15. The van der Waals surface area contributed by atoms with Gasteiger partial charge in [-0.25, -0.2) is 0 Å². The summed E-state index contributed by atoms with van der Waals surface area (Å²) < 4.78 is 0. The molecule has 102 valence electrons. The molecule has 5 heteroatoms. The molecule has 2 nitrogen and oxygen atoms in total. The smallest absolute Gasteiger partial charge is 0.179 e. The Morgan fingerprint density at radius 1 is 1.17 bits per heavy atom. The van der Waals surface area contributed by atoms with Crippen LogP contribution in [0.5, 0.6) is 0 Å². The molecule has 0 spiro atoms. The number of rotatable bonds is 7. The van der Waals surface area contributed by atoms with Gasteiger partial charge in [-0.15, -0.1) is 35.6 Å². The van der Waals surface area contributed by atoms with Gasteiger partial charge in [0.15, 0.2) is 5.78 Å². The minimum atomic E-state index is -0.185. The molecule has 0 heterocycles. The van der Waals surface area contributed by atoms with Crippen LogP contribution in [0.15, 0.2) is 30.3 Å². The number of Topliss-reactive ketones (excluding diaryl/α,β-unsaturated/α-hetero) is 1. The second-order valence-electron chi connectivity index (χ2n) is 3.82. The lowest BCUT2D eigenvalue weighted by atomic mass is 10.0. The Morgan fingerprint density at radius 3 is 2.11 bits per heavy atom. The molecule has 18 heavy (non-hydrogen) atoms. The van der Waals surface area contributed by atoms with Crippen molar-refractivity contribution in [3.63, 3.8) is 0 Å². The lowest BCUT2D eigenvalue weighted by Crippen LogP contribution is -2.41. The number of benzene rings is 1. The number of hydrogen-bond donors (Lipinski definition) is 0. The molecule has 0 bridgehead atoms. The number of carbonyl (C=O) groups excluding carboxylic acids is 1. The van der Waals surface area contributed by atoms with Crippen molar-refractivity contribution in [3.8, 4) is 0 Å². The van der Waals surface area contributed by atoms with Crippen molar-refractivity contribution >= 4 is 41.4 Å². The highest BCUT2D eigenvalue weighted by atomic mass is 35.5. The van der Waals surface area contributed by atoms with Crippen LogP contribution in [0, 0.1) is 0 Å². The van der Waals surface area contributed by atoms with Crippen LogP contribution in [0.2, 0.25) is 0 Å². The summed E-state index contributed by atoms with van der Waals surface area (Å²) in [6, 6.07) is 9.11. The van der Waals surface area contributed by atoms with E-state index < -0.39 is 0 Å². The summed E-state index contributed by atoms with van der Waals surface area (Å²) in [5.41, 5.74) is 0.731. The Labute approximate surface area is 125 Å². The first-order chi connectivity index (χ1) is 8.20. The number of carbonyl (C=O) groups is 1. The SMILES string of the molecule is CC(C(=O)c1ccccc1)N(CCCl)CCCl.Cl. The largest absolute Gasteiger partial charge is 0.292 e. The Morgan fingerprint density at radius 2 is 1.67 bits per heavy atom. The van der Waals surface area contributed by atoms with E-state index in [2.05, 4.69) is 0 Å². The molecular formula is C13H18Cl3NO. The van der Waals surface area contributed by atoms with Crippen LogP contribution in [-0.2, 0) is 0 Å². The Balaban J connectivity index is 0.00000289. The van der Waals surface area contributed by atoms with Gasteiger partial charge in [-0.1, -0.05) is 30.3 Å². The summed E-state index contributed by atoms with van der Waals surface area (Å²) >= 11 is 11.5. The molecule has 0 N–H and O–H groups in total. The van der Waals surface area contributed by atoms with E-state index in [-0.39, 0.29) is 24.2 Å². The first kappa shape index (κ1) is 17.7. The third-order valence-corrected chi connectivity index (χ3v) is 3.07. The van der Waals surface area contributed by atoms with Crippen molar-refractivity contribution in [3.05, 3.63) is 35.9 Å². The number of hydrogen-bond acceptors (Lipinski definition) is 2. The second-order valence-corrected chi connectivity index (χ2v) is 4.58. The Bertz CT molecular complexity index is 339. The predicted molar refractivity (Wildman–Crippen MR) is 80.5 cm³/mol. The van der Waals surface area contributed by atoms with Crippen LogP contribution < -0.4 is 0 Å². The monoisotopic (exact) mass is 309 g/mol. The highest BCUT2D eigenvalue weighted by molar-refractivity contribution is 6.18. The molecule has 0 aromatic heterocycles. The zero-order chi connectivity index (χ0) is 12.7. The van der Waals surface area contributed by atoms with Gasteiger partial charge in [0.2, 0.25) is 0 Å². The van der Waals surface area contributed by atoms with E-state index in [4.69, 9.17) is 23.2 Å².